The van der Waals surface area contributed by atoms with Crippen LogP contribution in [0.15, 0.2) is 42.6 Å². The standard InChI is InChI=1S/C14H14N4/c1-18(2)14-5-3-4-11(9-14)17-12-6-7-16-13(8-12)10-15/h3-9H,1-2H3,(H,16,17). The summed E-state index contributed by atoms with van der Waals surface area (Å²) in [6, 6.07) is 13.6. The van der Waals surface area contributed by atoms with Gasteiger partial charge in [0.05, 0.1) is 0 Å². The van der Waals surface area contributed by atoms with Gasteiger partial charge in [-0.2, -0.15) is 5.26 Å². The van der Waals surface area contributed by atoms with Crippen molar-refractivity contribution < 1.29 is 0 Å². The summed E-state index contributed by atoms with van der Waals surface area (Å²) in [4.78, 5) is 5.98. The molecule has 90 valence electrons. The fourth-order valence-corrected chi connectivity index (χ4v) is 1.60. The van der Waals surface area contributed by atoms with E-state index in [1.807, 2.05) is 55.4 Å². The van der Waals surface area contributed by atoms with Crippen molar-refractivity contribution in [2.24, 2.45) is 0 Å². The van der Waals surface area contributed by atoms with E-state index in [9.17, 15) is 0 Å². The Kier molecular flexibility index (Phi) is 3.44. The number of nitrogens with zero attached hydrogens (tertiary/aromatic N) is 3. The van der Waals surface area contributed by atoms with E-state index >= 15 is 0 Å². The molecule has 0 aliphatic heterocycles. The molecule has 0 amide bonds. The fraction of sp³-hybridized carbons (Fsp3) is 0.143. The lowest BCUT2D eigenvalue weighted by Gasteiger charge is -2.14. The predicted octanol–water partition coefficient (Wildman–Crippen LogP) is 2.76. The van der Waals surface area contributed by atoms with Crippen molar-refractivity contribution in [2.45, 2.75) is 0 Å². The maximum Gasteiger partial charge on any atom is 0.142 e. The maximum absolute atomic E-state index is 8.80. The number of aromatic nitrogens is 1. The van der Waals surface area contributed by atoms with Gasteiger partial charge >= 0.3 is 0 Å². The zero-order chi connectivity index (χ0) is 13.0. The number of hydrogen-bond acceptors (Lipinski definition) is 4. The molecule has 4 heteroatoms. The third-order valence-electron chi connectivity index (χ3n) is 2.53. The Balaban J connectivity index is 2.23. The molecule has 1 aromatic heterocycles. The first-order valence-electron chi connectivity index (χ1n) is 5.59. The van der Waals surface area contributed by atoms with Crippen LogP contribution in [0, 0.1) is 11.3 Å². The van der Waals surface area contributed by atoms with E-state index in [1.165, 1.54) is 0 Å². The van der Waals surface area contributed by atoms with Gasteiger partial charge in [-0.1, -0.05) is 6.07 Å². The van der Waals surface area contributed by atoms with Crippen LogP contribution in [-0.2, 0) is 0 Å². The Morgan fingerprint density at radius 2 is 1.94 bits per heavy atom. The third kappa shape index (κ3) is 2.77. The van der Waals surface area contributed by atoms with E-state index in [-0.39, 0.29) is 0 Å². The van der Waals surface area contributed by atoms with Gasteiger partial charge in [-0.3, -0.25) is 0 Å². The lowest BCUT2D eigenvalue weighted by molar-refractivity contribution is 1.13. The van der Waals surface area contributed by atoms with Crippen LogP contribution in [0.4, 0.5) is 17.1 Å². The van der Waals surface area contributed by atoms with Gasteiger partial charge in [0.15, 0.2) is 0 Å². The number of rotatable bonds is 3. The second-order valence-corrected chi connectivity index (χ2v) is 4.11. The zero-order valence-electron chi connectivity index (χ0n) is 10.4. The molecule has 0 spiro atoms. The first kappa shape index (κ1) is 11.9. The molecule has 0 radical (unpaired) electrons. The van der Waals surface area contributed by atoms with E-state index < -0.39 is 0 Å². The number of anilines is 3. The van der Waals surface area contributed by atoms with Crippen LogP contribution in [0.1, 0.15) is 5.69 Å². The summed E-state index contributed by atoms with van der Waals surface area (Å²) in [7, 11) is 4.00. The second-order valence-electron chi connectivity index (χ2n) is 4.11. The van der Waals surface area contributed by atoms with Crippen LogP contribution >= 0.6 is 0 Å². The van der Waals surface area contributed by atoms with E-state index in [4.69, 9.17) is 5.26 Å². The highest BCUT2D eigenvalue weighted by molar-refractivity contribution is 5.65. The Bertz CT molecular complexity index is 584. The summed E-state index contributed by atoms with van der Waals surface area (Å²) in [5, 5.41) is 12.1. The van der Waals surface area contributed by atoms with Crippen LogP contribution in [0.5, 0.6) is 0 Å². The number of hydrogen-bond donors (Lipinski definition) is 1. The van der Waals surface area contributed by atoms with Crippen molar-refractivity contribution in [3.05, 3.63) is 48.3 Å². The Hall–Kier alpha value is -2.54. The van der Waals surface area contributed by atoms with Gasteiger partial charge in [-0.15, -0.1) is 0 Å². The molecule has 1 aromatic carbocycles. The molecule has 0 aliphatic rings. The molecule has 2 aromatic rings. The quantitative estimate of drug-likeness (QED) is 0.893. The molecular weight excluding hydrogens is 224 g/mol. The van der Waals surface area contributed by atoms with E-state index in [1.54, 1.807) is 12.3 Å². The lowest BCUT2D eigenvalue weighted by Crippen LogP contribution is -2.08. The average molecular weight is 238 g/mol. The van der Waals surface area contributed by atoms with Crippen LogP contribution in [0.3, 0.4) is 0 Å². The molecule has 0 fully saturated rings. The van der Waals surface area contributed by atoms with Crippen molar-refractivity contribution in [1.29, 1.82) is 5.26 Å². The molecule has 1 N–H and O–H groups in total. The summed E-state index contributed by atoms with van der Waals surface area (Å²) < 4.78 is 0. The highest BCUT2D eigenvalue weighted by Gasteiger charge is 2.00. The lowest BCUT2D eigenvalue weighted by atomic mass is 10.2. The molecule has 0 unspecified atom stereocenters. The largest absolute Gasteiger partial charge is 0.378 e. The minimum atomic E-state index is 0.406. The Morgan fingerprint density at radius 1 is 1.17 bits per heavy atom. The first-order chi connectivity index (χ1) is 8.69. The summed E-state index contributed by atoms with van der Waals surface area (Å²) in [6.07, 6.45) is 1.62. The van der Waals surface area contributed by atoms with Gasteiger partial charge in [0, 0.05) is 37.4 Å². The Labute approximate surface area is 107 Å². The normalized spacial score (nSPS) is 9.61. The van der Waals surface area contributed by atoms with Crippen molar-refractivity contribution in [3.63, 3.8) is 0 Å². The summed E-state index contributed by atoms with van der Waals surface area (Å²) in [6.45, 7) is 0. The summed E-state index contributed by atoms with van der Waals surface area (Å²) in [5.41, 5.74) is 3.37. The van der Waals surface area contributed by atoms with Gasteiger partial charge < -0.3 is 10.2 Å². The molecule has 0 bridgehead atoms. The van der Waals surface area contributed by atoms with E-state index in [0.29, 0.717) is 5.69 Å². The van der Waals surface area contributed by atoms with Crippen molar-refractivity contribution >= 4 is 17.1 Å². The average Bonchev–Trinajstić information content (AvgIpc) is 2.39. The molecule has 0 atom stereocenters. The van der Waals surface area contributed by atoms with Crippen LogP contribution < -0.4 is 10.2 Å². The van der Waals surface area contributed by atoms with Crippen LogP contribution in [0.2, 0.25) is 0 Å². The zero-order valence-corrected chi connectivity index (χ0v) is 10.4. The topological polar surface area (TPSA) is 52.0 Å². The van der Waals surface area contributed by atoms with Gasteiger partial charge in [-0.25, -0.2) is 4.98 Å². The molecule has 1 heterocycles. The Morgan fingerprint density at radius 3 is 2.67 bits per heavy atom. The maximum atomic E-state index is 8.80. The van der Waals surface area contributed by atoms with Crippen LogP contribution in [0.25, 0.3) is 0 Å². The number of nitrogens with one attached hydrogen (secondary N) is 1. The summed E-state index contributed by atoms with van der Waals surface area (Å²) in [5.74, 6) is 0. The van der Waals surface area contributed by atoms with E-state index in [2.05, 4.69) is 10.3 Å². The van der Waals surface area contributed by atoms with Gasteiger partial charge in [0.1, 0.15) is 11.8 Å². The fourth-order valence-electron chi connectivity index (χ4n) is 1.60. The minimum absolute atomic E-state index is 0.406. The first-order valence-corrected chi connectivity index (χ1v) is 5.59. The van der Waals surface area contributed by atoms with Gasteiger partial charge in [0.25, 0.3) is 0 Å². The predicted molar refractivity (Wildman–Crippen MR) is 73.0 cm³/mol. The number of pyridine rings is 1. The second kappa shape index (κ2) is 5.19. The third-order valence-corrected chi connectivity index (χ3v) is 2.53. The molecule has 0 saturated carbocycles. The summed E-state index contributed by atoms with van der Waals surface area (Å²) >= 11 is 0. The number of benzene rings is 1. The van der Waals surface area contributed by atoms with Crippen molar-refractivity contribution in [3.8, 4) is 6.07 Å². The van der Waals surface area contributed by atoms with E-state index in [0.717, 1.165) is 17.1 Å². The molecule has 2 rings (SSSR count). The molecule has 0 saturated heterocycles. The monoisotopic (exact) mass is 238 g/mol. The smallest absolute Gasteiger partial charge is 0.142 e. The molecular formula is C14H14N4. The van der Waals surface area contributed by atoms with Crippen molar-refractivity contribution in [2.75, 3.05) is 24.3 Å². The SMILES string of the molecule is CN(C)c1cccc(Nc2ccnc(C#N)c2)c1. The van der Waals surface area contributed by atoms with Crippen LogP contribution in [-0.4, -0.2) is 19.1 Å². The van der Waals surface area contributed by atoms with Crippen molar-refractivity contribution in [1.82, 2.24) is 4.98 Å². The number of nitriles is 1. The van der Waals surface area contributed by atoms with Gasteiger partial charge in [-0.05, 0) is 30.3 Å². The molecule has 0 aliphatic carbocycles. The molecule has 4 nitrogen and oxygen atoms in total. The van der Waals surface area contributed by atoms with Gasteiger partial charge in [0.2, 0.25) is 0 Å². The highest BCUT2D eigenvalue weighted by Crippen LogP contribution is 2.21. The minimum Gasteiger partial charge on any atom is -0.378 e. The molecule has 18 heavy (non-hydrogen) atoms. The highest BCUT2D eigenvalue weighted by atomic mass is 15.1.